The van der Waals surface area contributed by atoms with Crippen LogP contribution in [-0.4, -0.2) is 25.0 Å². The number of thiophene rings is 1. The van der Waals surface area contributed by atoms with Crippen molar-refractivity contribution in [3.63, 3.8) is 0 Å². The molecule has 0 unspecified atom stereocenters. The molecule has 0 fully saturated rings. The van der Waals surface area contributed by atoms with E-state index in [9.17, 15) is 9.59 Å². The van der Waals surface area contributed by atoms with Crippen molar-refractivity contribution >= 4 is 33.3 Å². The lowest BCUT2D eigenvalue weighted by Crippen LogP contribution is -2.28. The number of terminal acetylenes is 1. The molecule has 0 bridgehead atoms. The summed E-state index contributed by atoms with van der Waals surface area (Å²) in [5.41, 5.74) is 0.875. The van der Waals surface area contributed by atoms with Crippen LogP contribution in [0, 0.1) is 19.3 Å². The van der Waals surface area contributed by atoms with Gasteiger partial charge >= 0.3 is 5.97 Å². The second-order valence-electron chi connectivity index (χ2n) is 4.11. The Morgan fingerprint density at radius 1 is 1.40 bits per heavy atom. The zero-order chi connectivity index (χ0) is 14.5. The summed E-state index contributed by atoms with van der Waals surface area (Å²) in [6.07, 6.45) is 5.02. The van der Waals surface area contributed by atoms with Gasteiger partial charge in [-0.25, -0.2) is 4.79 Å². The molecule has 0 aliphatic rings. The SMILES string of the molecule is C#CCNC(=O)COC(=O)c1sc2ccccc2c1C. The van der Waals surface area contributed by atoms with Crippen molar-refractivity contribution in [2.45, 2.75) is 6.92 Å². The average Bonchev–Trinajstić information content (AvgIpc) is 2.80. The maximum Gasteiger partial charge on any atom is 0.349 e. The van der Waals surface area contributed by atoms with Gasteiger partial charge < -0.3 is 10.1 Å². The number of benzene rings is 1. The molecule has 0 saturated heterocycles. The number of aryl methyl sites for hydroxylation is 1. The average molecular weight is 287 g/mol. The van der Waals surface area contributed by atoms with Crippen molar-refractivity contribution in [3.8, 4) is 12.3 Å². The highest BCUT2D eigenvalue weighted by Gasteiger charge is 2.17. The maximum atomic E-state index is 12.0. The van der Waals surface area contributed by atoms with Gasteiger partial charge in [-0.15, -0.1) is 17.8 Å². The Balaban J connectivity index is 2.07. The molecule has 0 spiro atoms. The first kappa shape index (κ1) is 14.1. The summed E-state index contributed by atoms with van der Waals surface area (Å²) < 4.78 is 6.01. The quantitative estimate of drug-likeness (QED) is 0.692. The van der Waals surface area contributed by atoms with E-state index in [4.69, 9.17) is 11.2 Å². The molecule has 5 heteroatoms. The van der Waals surface area contributed by atoms with Gasteiger partial charge in [-0.1, -0.05) is 24.1 Å². The van der Waals surface area contributed by atoms with E-state index in [-0.39, 0.29) is 13.2 Å². The number of hydrogen-bond acceptors (Lipinski definition) is 4. The number of fused-ring (bicyclic) bond motifs is 1. The van der Waals surface area contributed by atoms with Gasteiger partial charge in [-0.3, -0.25) is 4.79 Å². The molecule has 0 aliphatic heterocycles. The largest absolute Gasteiger partial charge is 0.451 e. The first-order chi connectivity index (χ1) is 9.63. The molecule has 0 radical (unpaired) electrons. The highest BCUT2D eigenvalue weighted by molar-refractivity contribution is 7.21. The summed E-state index contributed by atoms with van der Waals surface area (Å²) in [4.78, 5) is 23.8. The lowest BCUT2D eigenvalue weighted by molar-refractivity contribution is -0.123. The minimum absolute atomic E-state index is 0.123. The molecule has 2 aromatic rings. The minimum atomic E-state index is -0.487. The lowest BCUT2D eigenvalue weighted by atomic mass is 10.1. The van der Waals surface area contributed by atoms with E-state index >= 15 is 0 Å². The molecule has 1 aromatic carbocycles. The highest BCUT2D eigenvalue weighted by atomic mass is 32.1. The van der Waals surface area contributed by atoms with Crippen LogP contribution in [0.4, 0.5) is 0 Å². The Morgan fingerprint density at radius 2 is 2.15 bits per heavy atom. The maximum absolute atomic E-state index is 12.0. The first-order valence-electron chi connectivity index (χ1n) is 5.99. The Hall–Kier alpha value is -2.32. The molecule has 1 aromatic heterocycles. The van der Waals surface area contributed by atoms with Crippen molar-refractivity contribution in [2.24, 2.45) is 0 Å². The summed E-state index contributed by atoms with van der Waals surface area (Å²) in [6, 6.07) is 7.74. The van der Waals surface area contributed by atoms with Crippen LogP contribution in [0.3, 0.4) is 0 Å². The van der Waals surface area contributed by atoms with Gasteiger partial charge in [0.15, 0.2) is 6.61 Å². The minimum Gasteiger partial charge on any atom is -0.451 e. The second-order valence-corrected chi connectivity index (χ2v) is 5.16. The molecule has 4 nitrogen and oxygen atoms in total. The van der Waals surface area contributed by atoms with Crippen LogP contribution >= 0.6 is 11.3 Å². The van der Waals surface area contributed by atoms with Gasteiger partial charge in [0, 0.05) is 4.70 Å². The molecular weight excluding hydrogens is 274 g/mol. The van der Waals surface area contributed by atoms with Gasteiger partial charge in [0.2, 0.25) is 0 Å². The zero-order valence-corrected chi connectivity index (χ0v) is 11.8. The molecule has 0 aliphatic carbocycles. The third kappa shape index (κ3) is 2.98. The standard InChI is InChI=1S/C15H13NO3S/c1-3-8-16-13(17)9-19-15(18)14-10(2)11-6-4-5-7-12(11)20-14/h1,4-7H,8-9H2,2H3,(H,16,17). The van der Waals surface area contributed by atoms with Crippen molar-refractivity contribution in [2.75, 3.05) is 13.2 Å². The molecule has 20 heavy (non-hydrogen) atoms. The number of hydrogen-bond donors (Lipinski definition) is 1. The monoisotopic (exact) mass is 287 g/mol. The van der Waals surface area contributed by atoms with Gasteiger partial charge in [0.1, 0.15) is 4.88 Å². The van der Waals surface area contributed by atoms with Crippen LogP contribution in [0.1, 0.15) is 15.2 Å². The molecular formula is C15H13NO3S. The Labute approximate surface area is 120 Å². The van der Waals surface area contributed by atoms with Crippen molar-refractivity contribution < 1.29 is 14.3 Å². The van der Waals surface area contributed by atoms with Crippen LogP contribution in [0.25, 0.3) is 10.1 Å². The summed E-state index contributed by atoms with van der Waals surface area (Å²) >= 11 is 1.36. The van der Waals surface area contributed by atoms with Crippen molar-refractivity contribution in [1.82, 2.24) is 5.32 Å². The zero-order valence-electron chi connectivity index (χ0n) is 10.9. The molecule has 0 saturated carbocycles. The van der Waals surface area contributed by atoms with E-state index in [2.05, 4.69) is 11.2 Å². The summed E-state index contributed by atoms with van der Waals surface area (Å²) in [5, 5.41) is 3.46. The number of nitrogens with one attached hydrogen (secondary N) is 1. The number of carbonyl (C=O) groups excluding carboxylic acids is 2. The van der Waals surface area contributed by atoms with Gasteiger partial charge in [-0.05, 0) is 23.9 Å². The smallest absolute Gasteiger partial charge is 0.349 e. The van der Waals surface area contributed by atoms with Crippen LogP contribution in [0.15, 0.2) is 24.3 Å². The van der Waals surface area contributed by atoms with E-state index in [0.717, 1.165) is 15.6 Å². The molecule has 102 valence electrons. The molecule has 0 atom stereocenters. The van der Waals surface area contributed by atoms with E-state index < -0.39 is 11.9 Å². The predicted molar refractivity (Wildman–Crippen MR) is 78.7 cm³/mol. The fraction of sp³-hybridized carbons (Fsp3) is 0.200. The Morgan fingerprint density at radius 3 is 2.85 bits per heavy atom. The number of amides is 1. The summed E-state index contributed by atoms with van der Waals surface area (Å²) in [5.74, 6) is 1.38. The fourth-order valence-electron chi connectivity index (χ4n) is 1.77. The van der Waals surface area contributed by atoms with E-state index in [1.165, 1.54) is 11.3 Å². The molecule has 1 N–H and O–H groups in total. The third-order valence-corrected chi connectivity index (χ3v) is 4.00. The van der Waals surface area contributed by atoms with E-state index in [0.29, 0.717) is 4.88 Å². The van der Waals surface area contributed by atoms with Crippen molar-refractivity contribution in [3.05, 3.63) is 34.7 Å². The number of rotatable bonds is 4. The highest BCUT2D eigenvalue weighted by Crippen LogP contribution is 2.30. The van der Waals surface area contributed by atoms with Gasteiger partial charge in [0.05, 0.1) is 6.54 Å². The number of ether oxygens (including phenoxy) is 1. The molecule has 1 amide bonds. The number of esters is 1. The van der Waals surface area contributed by atoms with Crippen LogP contribution in [0.2, 0.25) is 0 Å². The first-order valence-corrected chi connectivity index (χ1v) is 6.80. The van der Waals surface area contributed by atoms with E-state index in [1.807, 2.05) is 31.2 Å². The lowest BCUT2D eigenvalue weighted by Gasteiger charge is -2.03. The van der Waals surface area contributed by atoms with Gasteiger partial charge in [-0.2, -0.15) is 0 Å². The van der Waals surface area contributed by atoms with Gasteiger partial charge in [0.25, 0.3) is 5.91 Å². The molecule has 1 heterocycles. The third-order valence-electron chi connectivity index (χ3n) is 2.75. The predicted octanol–water partition coefficient (Wildman–Crippen LogP) is 2.12. The number of carbonyl (C=O) groups is 2. The van der Waals surface area contributed by atoms with Crippen molar-refractivity contribution in [1.29, 1.82) is 0 Å². The Kier molecular flexibility index (Phi) is 4.38. The second kappa shape index (κ2) is 6.22. The van der Waals surface area contributed by atoms with Crippen LogP contribution in [0.5, 0.6) is 0 Å². The molecule has 2 rings (SSSR count). The summed E-state index contributed by atoms with van der Waals surface area (Å²) in [6.45, 7) is 1.67. The van der Waals surface area contributed by atoms with Crippen LogP contribution < -0.4 is 5.32 Å². The van der Waals surface area contributed by atoms with Crippen LogP contribution in [-0.2, 0) is 9.53 Å². The van der Waals surface area contributed by atoms with E-state index in [1.54, 1.807) is 0 Å². The Bertz CT molecular complexity index is 697. The topological polar surface area (TPSA) is 55.4 Å². The fourth-order valence-corrected chi connectivity index (χ4v) is 2.87. The normalized spacial score (nSPS) is 10.0. The summed E-state index contributed by atoms with van der Waals surface area (Å²) in [7, 11) is 0.